The van der Waals surface area contributed by atoms with E-state index in [1.54, 1.807) is 0 Å². The van der Waals surface area contributed by atoms with Crippen LogP contribution >= 0.6 is 22.6 Å². The highest BCUT2D eigenvalue weighted by Gasteiger charge is 2.22. The van der Waals surface area contributed by atoms with E-state index >= 15 is 0 Å². The molecule has 0 unspecified atom stereocenters. The lowest BCUT2D eigenvalue weighted by molar-refractivity contribution is 0.315. The molecule has 0 spiro atoms. The second-order valence-electron chi connectivity index (χ2n) is 9.25. The molecular weight excluding hydrogens is 473 g/mol. The van der Waals surface area contributed by atoms with Crippen LogP contribution < -0.4 is 5.32 Å². The van der Waals surface area contributed by atoms with Crippen LogP contribution in [0.5, 0.6) is 0 Å². The molecule has 4 nitrogen and oxygen atoms in total. The van der Waals surface area contributed by atoms with Crippen LogP contribution in [0.15, 0.2) is 16.8 Å². The Kier molecular flexibility index (Phi) is 8.08. The van der Waals surface area contributed by atoms with Gasteiger partial charge in [-0.05, 0) is 72.5 Å². The van der Waals surface area contributed by atoms with Gasteiger partial charge in [0.2, 0.25) is 0 Å². The second kappa shape index (κ2) is 11.0. The molecule has 5 heteroatoms. The smallest absolute Gasteiger partial charge is 0.158 e. The summed E-state index contributed by atoms with van der Waals surface area (Å²) < 4.78 is 5.96. The number of hydrogen-bond acceptors (Lipinski definition) is 4. The summed E-state index contributed by atoms with van der Waals surface area (Å²) in [6, 6.07) is 5.17. The van der Waals surface area contributed by atoms with Gasteiger partial charge in [0, 0.05) is 9.97 Å². The van der Waals surface area contributed by atoms with E-state index in [1.807, 2.05) is 0 Å². The first kappa shape index (κ1) is 21.4. The minimum Gasteiger partial charge on any atom is -0.380 e. The fraction of sp³-hybridized carbons (Fsp3) is 0.750. The van der Waals surface area contributed by atoms with Crippen molar-refractivity contribution in [2.24, 2.45) is 0 Å². The van der Waals surface area contributed by atoms with Crippen molar-refractivity contribution in [2.45, 2.75) is 112 Å². The SMILES string of the molecule is I[C@H]1CC[C@@H](Nc2cc(C3CCCCCCCCCCC3)cc3nonc23)CC1. The van der Waals surface area contributed by atoms with Crippen LogP contribution in [0.1, 0.15) is 108 Å². The van der Waals surface area contributed by atoms with E-state index in [0.717, 1.165) is 20.6 Å². The van der Waals surface area contributed by atoms with Gasteiger partial charge < -0.3 is 5.32 Å². The number of fused-ring (bicyclic) bond motifs is 1. The van der Waals surface area contributed by atoms with E-state index < -0.39 is 0 Å². The quantitative estimate of drug-likeness (QED) is 0.339. The highest BCUT2D eigenvalue weighted by molar-refractivity contribution is 14.1. The summed E-state index contributed by atoms with van der Waals surface area (Å²) in [6.07, 6.45) is 20.3. The molecule has 4 rings (SSSR count). The Labute approximate surface area is 189 Å². The van der Waals surface area contributed by atoms with Crippen molar-refractivity contribution in [3.8, 4) is 0 Å². The van der Waals surface area contributed by atoms with Gasteiger partial charge in [0.05, 0.1) is 5.69 Å². The molecular formula is C24H36IN3O. The number of hydrogen-bond donors (Lipinski definition) is 1. The maximum absolute atomic E-state index is 5.12. The zero-order valence-electron chi connectivity index (χ0n) is 17.7. The average molecular weight is 509 g/mol. The van der Waals surface area contributed by atoms with E-state index in [0.29, 0.717) is 12.0 Å². The molecule has 2 saturated carbocycles. The molecule has 2 aliphatic rings. The second-order valence-corrected chi connectivity index (χ2v) is 11.0. The average Bonchev–Trinajstić information content (AvgIpc) is 3.19. The minimum atomic E-state index is 0.549. The number of alkyl halides is 1. The first-order chi connectivity index (χ1) is 14.3. The zero-order chi connectivity index (χ0) is 19.9. The molecule has 2 aliphatic carbocycles. The number of rotatable bonds is 3. The molecule has 1 aromatic heterocycles. The molecule has 0 aliphatic heterocycles. The van der Waals surface area contributed by atoms with Crippen LogP contribution in [0, 0.1) is 0 Å². The zero-order valence-corrected chi connectivity index (χ0v) is 19.8. The van der Waals surface area contributed by atoms with Crippen molar-refractivity contribution in [1.82, 2.24) is 10.3 Å². The van der Waals surface area contributed by atoms with Crippen molar-refractivity contribution in [2.75, 3.05) is 5.32 Å². The van der Waals surface area contributed by atoms with Crippen molar-refractivity contribution in [3.63, 3.8) is 0 Å². The standard InChI is InChI=1S/C24H36IN3O/c25-20-12-14-21(15-13-20)26-22-16-19(17-23-24(22)28-29-27-23)18-10-8-6-4-2-1-3-5-7-9-11-18/h16-18,20-21,26H,1-15H2/t20-,21+. The number of anilines is 1. The van der Waals surface area contributed by atoms with Gasteiger partial charge in [-0.3, -0.25) is 0 Å². The first-order valence-corrected chi connectivity index (χ1v) is 13.2. The largest absolute Gasteiger partial charge is 0.380 e. The summed E-state index contributed by atoms with van der Waals surface area (Å²) in [5.41, 5.74) is 4.40. The fourth-order valence-corrected chi connectivity index (χ4v) is 5.89. The van der Waals surface area contributed by atoms with Gasteiger partial charge in [-0.25, -0.2) is 4.63 Å². The molecule has 29 heavy (non-hydrogen) atoms. The Morgan fingerprint density at radius 3 is 2.03 bits per heavy atom. The predicted molar refractivity (Wildman–Crippen MR) is 129 cm³/mol. The van der Waals surface area contributed by atoms with Crippen molar-refractivity contribution >= 4 is 39.3 Å². The Hall–Kier alpha value is -0.850. The van der Waals surface area contributed by atoms with Gasteiger partial charge in [0.1, 0.15) is 5.52 Å². The molecule has 0 atom stereocenters. The third-order valence-corrected chi connectivity index (χ3v) is 8.22. The molecule has 0 amide bonds. The number of halogens is 1. The van der Waals surface area contributed by atoms with Crippen molar-refractivity contribution < 1.29 is 4.63 Å². The third kappa shape index (κ3) is 6.08. The summed E-state index contributed by atoms with van der Waals surface area (Å²) in [5.74, 6) is 0.640. The van der Waals surface area contributed by atoms with Crippen LogP contribution in [0.25, 0.3) is 11.0 Å². The lowest BCUT2D eigenvalue weighted by Crippen LogP contribution is -2.26. The van der Waals surface area contributed by atoms with Gasteiger partial charge in [0.15, 0.2) is 5.52 Å². The molecule has 0 bridgehead atoms. The van der Waals surface area contributed by atoms with E-state index in [2.05, 4.69) is 50.4 Å². The Morgan fingerprint density at radius 2 is 1.38 bits per heavy atom. The van der Waals surface area contributed by atoms with E-state index in [-0.39, 0.29) is 0 Å². The van der Waals surface area contributed by atoms with Crippen LogP contribution in [0.4, 0.5) is 5.69 Å². The van der Waals surface area contributed by atoms with Gasteiger partial charge in [-0.1, -0.05) is 80.4 Å². The summed E-state index contributed by atoms with van der Waals surface area (Å²) >= 11 is 2.60. The van der Waals surface area contributed by atoms with Crippen LogP contribution in [0.3, 0.4) is 0 Å². The molecule has 160 valence electrons. The predicted octanol–water partition coefficient (Wildman–Crippen LogP) is 7.77. The van der Waals surface area contributed by atoms with Gasteiger partial charge in [-0.15, -0.1) is 0 Å². The molecule has 0 radical (unpaired) electrons. The van der Waals surface area contributed by atoms with Crippen LogP contribution in [-0.4, -0.2) is 20.3 Å². The highest BCUT2D eigenvalue weighted by Crippen LogP contribution is 2.35. The van der Waals surface area contributed by atoms with Crippen molar-refractivity contribution in [1.29, 1.82) is 0 Å². The molecule has 2 fully saturated rings. The number of benzene rings is 1. The van der Waals surface area contributed by atoms with Gasteiger partial charge in [-0.2, -0.15) is 0 Å². The minimum absolute atomic E-state index is 0.549. The Morgan fingerprint density at radius 1 is 0.759 bits per heavy atom. The third-order valence-electron chi connectivity index (χ3n) is 6.98. The molecule has 2 aromatic rings. The lowest BCUT2D eigenvalue weighted by Gasteiger charge is -2.27. The van der Waals surface area contributed by atoms with E-state index in [9.17, 15) is 0 Å². The molecule has 1 N–H and O–H groups in total. The maximum Gasteiger partial charge on any atom is 0.158 e. The summed E-state index contributed by atoms with van der Waals surface area (Å²) in [6.45, 7) is 0. The Bertz CT molecular complexity index is 742. The summed E-state index contributed by atoms with van der Waals surface area (Å²) in [4.78, 5) is 0. The normalized spacial score (nSPS) is 26.0. The highest BCUT2D eigenvalue weighted by atomic mass is 127. The summed E-state index contributed by atoms with van der Waals surface area (Å²) in [7, 11) is 0. The van der Waals surface area contributed by atoms with Crippen LogP contribution in [-0.2, 0) is 0 Å². The number of nitrogens with zero attached hydrogens (tertiary/aromatic N) is 2. The van der Waals surface area contributed by atoms with Crippen LogP contribution in [0.2, 0.25) is 0 Å². The number of aromatic nitrogens is 2. The van der Waals surface area contributed by atoms with Gasteiger partial charge in [0.25, 0.3) is 0 Å². The molecule has 1 aromatic carbocycles. The lowest BCUT2D eigenvalue weighted by atomic mass is 9.87. The summed E-state index contributed by atoms with van der Waals surface area (Å²) in [5, 5.41) is 12.2. The number of nitrogens with one attached hydrogen (secondary N) is 1. The van der Waals surface area contributed by atoms with E-state index in [1.165, 1.54) is 102 Å². The van der Waals surface area contributed by atoms with E-state index in [4.69, 9.17) is 4.63 Å². The van der Waals surface area contributed by atoms with Gasteiger partial charge >= 0.3 is 0 Å². The fourth-order valence-electron chi connectivity index (χ4n) is 5.17. The first-order valence-electron chi connectivity index (χ1n) is 12.0. The molecule has 0 saturated heterocycles. The monoisotopic (exact) mass is 509 g/mol. The van der Waals surface area contributed by atoms with Crippen molar-refractivity contribution in [3.05, 3.63) is 17.7 Å². The topological polar surface area (TPSA) is 51.0 Å². The molecule has 1 heterocycles. The maximum atomic E-state index is 5.12. The Balaban J connectivity index is 1.51.